The first-order chi connectivity index (χ1) is 10.2. The van der Waals surface area contributed by atoms with Gasteiger partial charge in [0.2, 0.25) is 0 Å². The summed E-state index contributed by atoms with van der Waals surface area (Å²) in [6.45, 7) is 5.42. The fourth-order valence-corrected chi connectivity index (χ4v) is 3.57. The van der Waals surface area contributed by atoms with E-state index in [0.29, 0.717) is 5.56 Å². The van der Waals surface area contributed by atoms with Crippen molar-refractivity contribution in [1.29, 1.82) is 0 Å². The van der Waals surface area contributed by atoms with E-state index in [2.05, 4.69) is 4.72 Å². The number of aromatic carboxylic acids is 1. The third kappa shape index (κ3) is 3.12. The van der Waals surface area contributed by atoms with Gasteiger partial charge in [0, 0.05) is 5.56 Å². The standard InChI is InChI=1S/C16H17NO4S/c1-10-8-12(3)15(9-11(10)2)22(20,21)17-14-7-5-4-6-13(14)16(18)19/h4-9,17H,1-3H3,(H,18,19)/p-1. The average molecular weight is 318 g/mol. The fraction of sp³-hybridized carbons (Fsp3) is 0.188. The van der Waals surface area contributed by atoms with Crippen molar-refractivity contribution >= 4 is 21.7 Å². The molecule has 0 aromatic heterocycles. The summed E-state index contributed by atoms with van der Waals surface area (Å²) >= 11 is 0. The lowest BCUT2D eigenvalue weighted by atomic mass is 10.1. The zero-order valence-corrected chi connectivity index (χ0v) is 13.3. The molecule has 116 valence electrons. The molecule has 0 saturated carbocycles. The Bertz CT molecular complexity index is 841. The Morgan fingerprint density at radius 2 is 1.59 bits per heavy atom. The van der Waals surface area contributed by atoms with Gasteiger partial charge in [-0.25, -0.2) is 8.42 Å². The van der Waals surface area contributed by atoms with Crippen molar-refractivity contribution in [3.05, 3.63) is 58.7 Å². The van der Waals surface area contributed by atoms with Gasteiger partial charge in [0.15, 0.2) is 0 Å². The number of benzene rings is 2. The second-order valence-electron chi connectivity index (χ2n) is 5.14. The van der Waals surface area contributed by atoms with Crippen molar-refractivity contribution < 1.29 is 18.3 Å². The molecule has 0 bridgehead atoms. The normalized spacial score (nSPS) is 11.2. The maximum absolute atomic E-state index is 12.5. The quantitative estimate of drug-likeness (QED) is 0.931. The van der Waals surface area contributed by atoms with Gasteiger partial charge < -0.3 is 9.90 Å². The minimum Gasteiger partial charge on any atom is -0.545 e. The van der Waals surface area contributed by atoms with Crippen LogP contribution in [0.5, 0.6) is 0 Å². The maximum atomic E-state index is 12.5. The molecule has 0 amide bonds. The van der Waals surface area contributed by atoms with E-state index in [1.54, 1.807) is 25.1 Å². The molecule has 1 N–H and O–H groups in total. The van der Waals surface area contributed by atoms with Crippen LogP contribution < -0.4 is 9.83 Å². The minimum atomic E-state index is -3.88. The van der Waals surface area contributed by atoms with E-state index in [1.165, 1.54) is 18.2 Å². The van der Waals surface area contributed by atoms with Crippen molar-refractivity contribution in [2.75, 3.05) is 4.72 Å². The van der Waals surface area contributed by atoms with Crippen LogP contribution in [0.25, 0.3) is 0 Å². The van der Waals surface area contributed by atoms with Crippen molar-refractivity contribution in [2.24, 2.45) is 0 Å². The molecule has 0 aliphatic heterocycles. The van der Waals surface area contributed by atoms with E-state index >= 15 is 0 Å². The van der Waals surface area contributed by atoms with Crippen LogP contribution in [-0.4, -0.2) is 14.4 Å². The molecular formula is C16H16NO4S-. The molecule has 0 aliphatic carbocycles. The number of hydrogen-bond donors (Lipinski definition) is 1. The van der Waals surface area contributed by atoms with E-state index in [-0.39, 0.29) is 16.1 Å². The number of carboxylic acids is 1. The summed E-state index contributed by atoms with van der Waals surface area (Å²) in [6.07, 6.45) is 0. The Morgan fingerprint density at radius 1 is 1.00 bits per heavy atom. The molecular weight excluding hydrogens is 302 g/mol. The molecule has 2 aromatic rings. The highest BCUT2D eigenvalue weighted by Crippen LogP contribution is 2.24. The minimum absolute atomic E-state index is 0.0138. The average Bonchev–Trinajstić information content (AvgIpc) is 2.42. The monoisotopic (exact) mass is 318 g/mol. The summed E-state index contributed by atoms with van der Waals surface area (Å²) in [4.78, 5) is 11.2. The molecule has 0 unspecified atom stereocenters. The molecule has 5 nitrogen and oxygen atoms in total. The summed E-state index contributed by atoms with van der Waals surface area (Å²) in [7, 11) is -3.88. The molecule has 0 aliphatic rings. The number of hydrogen-bond acceptors (Lipinski definition) is 4. The Hall–Kier alpha value is -2.34. The van der Waals surface area contributed by atoms with Crippen LogP contribution >= 0.6 is 0 Å². The van der Waals surface area contributed by atoms with Crippen LogP contribution in [0.1, 0.15) is 27.0 Å². The van der Waals surface area contributed by atoms with E-state index in [9.17, 15) is 18.3 Å². The molecule has 0 saturated heterocycles. The first-order valence-electron chi connectivity index (χ1n) is 6.63. The van der Waals surface area contributed by atoms with Gasteiger partial charge in [-0.15, -0.1) is 0 Å². The first-order valence-corrected chi connectivity index (χ1v) is 8.12. The zero-order chi connectivity index (χ0) is 16.5. The largest absolute Gasteiger partial charge is 0.545 e. The van der Waals surface area contributed by atoms with Gasteiger partial charge in [-0.2, -0.15) is 0 Å². The second-order valence-corrected chi connectivity index (χ2v) is 6.79. The Kier molecular flexibility index (Phi) is 4.23. The number of carboxylic acid groups (broad SMARTS) is 1. The number of carbonyl (C=O) groups is 1. The summed E-state index contributed by atoms with van der Waals surface area (Å²) in [6, 6.07) is 9.10. The van der Waals surface area contributed by atoms with Gasteiger partial charge in [-0.1, -0.05) is 24.3 Å². The Balaban J connectivity index is 2.50. The Labute approximate surface area is 129 Å². The molecule has 0 heterocycles. The number of carbonyl (C=O) groups excluding carboxylic acids is 1. The number of nitrogens with one attached hydrogen (secondary N) is 1. The molecule has 0 radical (unpaired) electrons. The van der Waals surface area contributed by atoms with Gasteiger partial charge in [-0.3, -0.25) is 4.72 Å². The molecule has 0 fully saturated rings. The SMILES string of the molecule is Cc1cc(C)c(S(=O)(=O)Nc2ccccc2C(=O)[O-])cc1C. The summed E-state index contributed by atoms with van der Waals surface area (Å²) in [5, 5.41) is 11.1. The highest BCUT2D eigenvalue weighted by molar-refractivity contribution is 7.92. The van der Waals surface area contributed by atoms with Gasteiger partial charge in [0.1, 0.15) is 0 Å². The van der Waals surface area contributed by atoms with Crippen molar-refractivity contribution in [2.45, 2.75) is 25.7 Å². The van der Waals surface area contributed by atoms with Crippen LogP contribution in [-0.2, 0) is 10.0 Å². The van der Waals surface area contributed by atoms with E-state index in [0.717, 1.165) is 11.1 Å². The van der Waals surface area contributed by atoms with E-state index < -0.39 is 16.0 Å². The third-order valence-corrected chi connectivity index (χ3v) is 4.98. The molecule has 22 heavy (non-hydrogen) atoms. The van der Waals surface area contributed by atoms with E-state index in [1.807, 2.05) is 13.8 Å². The van der Waals surface area contributed by atoms with Crippen LogP contribution in [0, 0.1) is 20.8 Å². The Morgan fingerprint density at radius 3 is 2.23 bits per heavy atom. The summed E-state index contributed by atoms with van der Waals surface area (Å²) in [5.74, 6) is -1.44. The number of sulfonamides is 1. The summed E-state index contributed by atoms with van der Waals surface area (Å²) in [5.41, 5.74) is 2.22. The lowest BCUT2D eigenvalue weighted by molar-refractivity contribution is -0.254. The number of para-hydroxylation sites is 1. The lowest BCUT2D eigenvalue weighted by Gasteiger charge is -2.15. The highest BCUT2D eigenvalue weighted by Gasteiger charge is 2.19. The van der Waals surface area contributed by atoms with Gasteiger partial charge >= 0.3 is 0 Å². The lowest BCUT2D eigenvalue weighted by Crippen LogP contribution is -2.25. The van der Waals surface area contributed by atoms with Crippen LogP contribution in [0.15, 0.2) is 41.3 Å². The van der Waals surface area contributed by atoms with Gasteiger partial charge in [-0.05, 0) is 49.6 Å². The predicted molar refractivity (Wildman–Crippen MR) is 82.2 cm³/mol. The fourth-order valence-electron chi connectivity index (χ4n) is 2.17. The first kappa shape index (κ1) is 16.0. The smallest absolute Gasteiger partial charge is 0.262 e. The number of aryl methyl sites for hydroxylation is 3. The second kappa shape index (κ2) is 5.81. The third-order valence-electron chi connectivity index (χ3n) is 3.47. The van der Waals surface area contributed by atoms with Crippen molar-refractivity contribution in [1.82, 2.24) is 0 Å². The van der Waals surface area contributed by atoms with Crippen molar-refractivity contribution in [3.8, 4) is 0 Å². The molecule has 2 aromatic carbocycles. The van der Waals surface area contributed by atoms with Crippen LogP contribution in [0.4, 0.5) is 5.69 Å². The topological polar surface area (TPSA) is 86.3 Å². The number of anilines is 1. The molecule has 2 rings (SSSR count). The highest BCUT2D eigenvalue weighted by atomic mass is 32.2. The van der Waals surface area contributed by atoms with Gasteiger partial charge in [0.05, 0.1) is 16.6 Å². The van der Waals surface area contributed by atoms with Gasteiger partial charge in [0.25, 0.3) is 10.0 Å². The zero-order valence-electron chi connectivity index (χ0n) is 12.5. The van der Waals surface area contributed by atoms with Crippen LogP contribution in [0.2, 0.25) is 0 Å². The number of rotatable bonds is 4. The molecule has 0 spiro atoms. The van der Waals surface area contributed by atoms with Crippen LogP contribution in [0.3, 0.4) is 0 Å². The predicted octanol–water partition coefficient (Wildman–Crippen LogP) is 1.78. The maximum Gasteiger partial charge on any atom is 0.262 e. The summed E-state index contributed by atoms with van der Waals surface area (Å²) < 4.78 is 27.4. The molecule has 0 atom stereocenters. The molecule has 6 heteroatoms. The van der Waals surface area contributed by atoms with E-state index in [4.69, 9.17) is 0 Å². The van der Waals surface area contributed by atoms with Crippen molar-refractivity contribution in [3.63, 3.8) is 0 Å².